The van der Waals surface area contributed by atoms with Gasteiger partial charge < -0.3 is 9.84 Å². The molecule has 0 aliphatic heterocycles. The molecule has 0 aromatic heterocycles. The van der Waals surface area contributed by atoms with Crippen LogP contribution in [0.1, 0.15) is 36.8 Å². The molecule has 0 spiro atoms. The van der Waals surface area contributed by atoms with E-state index in [4.69, 9.17) is 4.74 Å². The molecular weight excluding hydrogens is 219 g/mol. The van der Waals surface area contributed by atoms with Crippen molar-refractivity contribution in [3.8, 4) is 0 Å². The highest BCUT2D eigenvalue weighted by Gasteiger charge is 2.35. The third-order valence-electron chi connectivity index (χ3n) is 3.80. The van der Waals surface area contributed by atoms with Crippen LogP contribution >= 0.6 is 0 Å². The van der Waals surface area contributed by atoms with Crippen molar-refractivity contribution in [2.45, 2.75) is 44.3 Å². The van der Waals surface area contributed by atoms with Crippen molar-refractivity contribution in [1.82, 2.24) is 0 Å². The second kappa shape index (κ2) is 4.75. The molecule has 3 heteroatoms. The molecule has 0 unspecified atom stereocenters. The minimum absolute atomic E-state index is 0.227. The molecule has 1 fully saturated rings. The lowest BCUT2D eigenvalue weighted by molar-refractivity contribution is -0.0475. The van der Waals surface area contributed by atoms with Crippen LogP contribution in [0.15, 0.2) is 18.2 Å². The smallest absolute Gasteiger partial charge is 0.126 e. The van der Waals surface area contributed by atoms with E-state index < -0.39 is 5.60 Å². The Morgan fingerprint density at radius 2 is 2.00 bits per heavy atom. The van der Waals surface area contributed by atoms with E-state index in [9.17, 15) is 9.50 Å². The predicted molar refractivity (Wildman–Crippen MR) is 64.3 cm³/mol. The van der Waals surface area contributed by atoms with Crippen molar-refractivity contribution in [2.75, 3.05) is 7.11 Å². The summed E-state index contributed by atoms with van der Waals surface area (Å²) >= 11 is 0. The molecule has 0 atom stereocenters. The molecule has 0 heterocycles. The van der Waals surface area contributed by atoms with E-state index in [0.29, 0.717) is 24.0 Å². The normalized spacial score (nSPS) is 29.3. The molecule has 2 nitrogen and oxygen atoms in total. The predicted octanol–water partition coefficient (Wildman–Crippen LogP) is 2.91. The van der Waals surface area contributed by atoms with Crippen LogP contribution in [0.25, 0.3) is 0 Å². The summed E-state index contributed by atoms with van der Waals surface area (Å²) in [4.78, 5) is 0. The average Bonchev–Trinajstić information content (AvgIpc) is 2.33. The van der Waals surface area contributed by atoms with E-state index in [1.807, 2.05) is 6.07 Å². The minimum atomic E-state index is -0.885. The molecule has 1 aromatic rings. The van der Waals surface area contributed by atoms with Crippen molar-refractivity contribution < 1.29 is 14.2 Å². The van der Waals surface area contributed by atoms with Crippen molar-refractivity contribution in [3.63, 3.8) is 0 Å². The zero-order chi connectivity index (χ0) is 12.5. The SMILES string of the molecule is COC1CCC(O)(c2ccc(C)c(F)c2)CC1. The van der Waals surface area contributed by atoms with Crippen LogP contribution in [0.3, 0.4) is 0 Å². The Balaban J connectivity index is 2.18. The number of aryl methyl sites for hydroxylation is 1. The number of halogens is 1. The van der Waals surface area contributed by atoms with Crippen LogP contribution in [0.5, 0.6) is 0 Å². The molecule has 0 saturated heterocycles. The van der Waals surface area contributed by atoms with Gasteiger partial charge in [-0.25, -0.2) is 4.39 Å². The number of hydrogen-bond acceptors (Lipinski definition) is 2. The summed E-state index contributed by atoms with van der Waals surface area (Å²) in [6.45, 7) is 1.73. The van der Waals surface area contributed by atoms with Gasteiger partial charge in [-0.3, -0.25) is 0 Å². The summed E-state index contributed by atoms with van der Waals surface area (Å²) < 4.78 is 18.8. The maximum Gasteiger partial charge on any atom is 0.126 e. The molecule has 0 amide bonds. The van der Waals surface area contributed by atoms with E-state index in [1.54, 1.807) is 20.1 Å². The highest BCUT2D eigenvalue weighted by Crippen LogP contribution is 2.38. The average molecular weight is 238 g/mol. The fraction of sp³-hybridized carbons (Fsp3) is 0.571. The Morgan fingerprint density at radius 3 is 2.53 bits per heavy atom. The number of rotatable bonds is 2. The summed E-state index contributed by atoms with van der Waals surface area (Å²) in [5.74, 6) is -0.246. The quantitative estimate of drug-likeness (QED) is 0.858. The lowest BCUT2D eigenvalue weighted by Gasteiger charge is -2.36. The molecule has 2 rings (SSSR count). The Morgan fingerprint density at radius 1 is 1.35 bits per heavy atom. The fourth-order valence-electron chi connectivity index (χ4n) is 2.48. The second-order valence-electron chi connectivity index (χ2n) is 4.93. The molecule has 1 aliphatic carbocycles. The highest BCUT2D eigenvalue weighted by molar-refractivity contribution is 5.28. The molecule has 94 valence electrons. The van der Waals surface area contributed by atoms with Crippen molar-refractivity contribution >= 4 is 0 Å². The minimum Gasteiger partial charge on any atom is -0.385 e. The molecule has 1 aromatic carbocycles. The standard InChI is InChI=1S/C14H19FO2/c1-10-3-4-11(9-13(10)15)14(16)7-5-12(17-2)6-8-14/h3-4,9,12,16H,5-8H2,1-2H3. The second-order valence-corrected chi connectivity index (χ2v) is 4.93. The maximum absolute atomic E-state index is 13.5. The summed E-state index contributed by atoms with van der Waals surface area (Å²) in [7, 11) is 1.70. The van der Waals surface area contributed by atoms with E-state index in [0.717, 1.165) is 12.8 Å². The first-order valence-corrected chi connectivity index (χ1v) is 6.07. The zero-order valence-electron chi connectivity index (χ0n) is 10.4. The van der Waals surface area contributed by atoms with Gasteiger partial charge in [0.25, 0.3) is 0 Å². The van der Waals surface area contributed by atoms with Crippen molar-refractivity contribution in [3.05, 3.63) is 35.1 Å². The van der Waals surface area contributed by atoms with Gasteiger partial charge in [-0.15, -0.1) is 0 Å². The lowest BCUT2D eigenvalue weighted by Crippen LogP contribution is -2.34. The van der Waals surface area contributed by atoms with E-state index in [-0.39, 0.29) is 11.9 Å². The zero-order valence-corrected chi connectivity index (χ0v) is 10.4. The molecular formula is C14H19FO2. The molecule has 0 bridgehead atoms. The topological polar surface area (TPSA) is 29.5 Å². The Kier molecular flexibility index (Phi) is 3.50. The number of ether oxygens (including phenoxy) is 1. The summed E-state index contributed by atoms with van der Waals surface area (Å²) in [5, 5.41) is 10.5. The van der Waals surface area contributed by atoms with E-state index in [2.05, 4.69) is 0 Å². The number of methoxy groups -OCH3 is 1. The number of hydrogen-bond donors (Lipinski definition) is 1. The monoisotopic (exact) mass is 238 g/mol. The molecule has 1 aliphatic rings. The Hall–Kier alpha value is -0.930. The molecule has 17 heavy (non-hydrogen) atoms. The summed E-state index contributed by atoms with van der Waals surface area (Å²) in [5.41, 5.74) is 0.418. The molecule has 0 radical (unpaired) electrons. The third kappa shape index (κ3) is 2.50. The van der Waals surface area contributed by atoms with Gasteiger partial charge in [-0.1, -0.05) is 12.1 Å². The first kappa shape index (κ1) is 12.5. The van der Waals surface area contributed by atoms with E-state index >= 15 is 0 Å². The summed E-state index contributed by atoms with van der Waals surface area (Å²) in [6.07, 6.45) is 3.14. The van der Waals surface area contributed by atoms with Gasteiger partial charge in [0.1, 0.15) is 5.82 Å². The van der Waals surface area contributed by atoms with Gasteiger partial charge in [0.2, 0.25) is 0 Å². The summed E-state index contributed by atoms with van der Waals surface area (Å²) in [6, 6.07) is 5.01. The van der Waals surface area contributed by atoms with Crippen LogP contribution in [0, 0.1) is 12.7 Å². The van der Waals surface area contributed by atoms with Crippen LogP contribution in [-0.4, -0.2) is 18.3 Å². The lowest BCUT2D eigenvalue weighted by atomic mass is 9.78. The first-order chi connectivity index (χ1) is 8.05. The van der Waals surface area contributed by atoms with E-state index in [1.165, 1.54) is 6.07 Å². The van der Waals surface area contributed by atoms with Crippen LogP contribution < -0.4 is 0 Å². The number of aliphatic hydroxyl groups is 1. The van der Waals surface area contributed by atoms with Gasteiger partial charge in [0.05, 0.1) is 11.7 Å². The maximum atomic E-state index is 13.5. The highest BCUT2D eigenvalue weighted by atomic mass is 19.1. The van der Waals surface area contributed by atoms with Gasteiger partial charge in [-0.05, 0) is 49.8 Å². The Bertz CT molecular complexity index is 395. The fourth-order valence-corrected chi connectivity index (χ4v) is 2.48. The van der Waals surface area contributed by atoms with Crippen LogP contribution in [-0.2, 0) is 10.3 Å². The number of benzene rings is 1. The van der Waals surface area contributed by atoms with Crippen LogP contribution in [0.2, 0.25) is 0 Å². The van der Waals surface area contributed by atoms with Crippen LogP contribution in [0.4, 0.5) is 4.39 Å². The van der Waals surface area contributed by atoms with Gasteiger partial charge in [-0.2, -0.15) is 0 Å². The molecule has 1 N–H and O–H groups in total. The van der Waals surface area contributed by atoms with Gasteiger partial charge >= 0.3 is 0 Å². The largest absolute Gasteiger partial charge is 0.385 e. The third-order valence-corrected chi connectivity index (χ3v) is 3.80. The van der Waals surface area contributed by atoms with Crippen molar-refractivity contribution in [2.24, 2.45) is 0 Å². The Labute approximate surface area is 101 Å². The first-order valence-electron chi connectivity index (χ1n) is 6.07. The van der Waals surface area contributed by atoms with Crippen molar-refractivity contribution in [1.29, 1.82) is 0 Å². The van der Waals surface area contributed by atoms with Gasteiger partial charge in [0.15, 0.2) is 0 Å². The van der Waals surface area contributed by atoms with Gasteiger partial charge in [0, 0.05) is 7.11 Å². The molecule has 1 saturated carbocycles.